The van der Waals surface area contributed by atoms with Crippen LogP contribution in [0.4, 0.5) is 0 Å². The van der Waals surface area contributed by atoms with E-state index in [1.54, 1.807) is 7.11 Å². The topological polar surface area (TPSA) is 18.5 Å². The van der Waals surface area contributed by atoms with Gasteiger partial charge in [0.1, 0.15) is 0 Å². The molecule has 1 aliphatic rings. The maximum Gasteiger partial charge on any atom is 0.0874 e. The molecule has 0 aromatic carbocycles. The molecule has 0 aromatic heterocycles. The van der Waals surface area contributed by atoms with E-state index in [2.05, 4.69) is 0 Å². The van der Waals surface area contributed by atoms with Gasteiger partial charge >= 0.3 is 0 Å². The van der Waals surface area contributed by atoms with Gasteiger partial charge in [0.25, 0.3) is 0 Å². The lowest BCUT2D eigenvalue weighted by atomic mass is 10.0. The fourth-order valence-corrected chi connectivity index (χ4v) is 1.80. The third kappa shape index (κ3) is 2.08. The minimum Gasteiger partial charge on any atom is -0.379 e. The fraction of sp³-hybridized carbons (Fsp3) is 1.00. The van der Waals surface area contributed by atoms with Gasteiger partial charge in [0, 0.05) is 25.5 Å². The maximum absolute atomic E-state index is 5.77. The molecule has 3 heteroatoms. The fourth-order valence-electron chi connectivity index (χ4n) is 1.47. The van der Waals surface area contributed by atoms with Gasteiger partial charge in [-0.1, -0.05) is 0 Å². The minimum absolute atomic E-state index is 0.168. The number of hydrogen-bond acceptors (Lipinski definition) is 2. The van der Waals surface area contributed by atoms with Crippen molar-refractivity contribution in [1.82, 2.24) is 0 Å². The first-order valence-corrected chi connectivity index (χ1v) is 4.53. The molecule has 0 amide bonds. The highest BCUT2D eigenvalue weighted by Gasteiger charge is 2.31. The van der Waals surface area contributed by atoms with Crippen molar-refractivity contribution in [2.45, 2.75) is 25.6 Å². The molecule has 0 saturated carbocycles. The second-order valence-electron chi connectivity index (χ2n) is 2.98. The summed E-state index contributed by atoms with van der Waals surface area (Å²) in [7, 11) is 1.71. The predicted molar refractivity (Wildman–Crippen MR) is 45.0 cm³/mol. The first-order valence-electron chi connectivity index (χ1n) is 4.00. The van der Waals surface area contributed by atoms with E-state index in [-0.39, 0.29) is 12.2 Å². The van der Waals surface area contributed by atoms with Gasteiger partial charge in [0.05, 0.1) is 12.2 Å². The molecule has 1 aliphatic heterocycles. The van der Waals surface area contributed by atoms with Crippen LogP contribution < -0.4 is 0 Å². The Bertz CT molecular complexity index is 119. The number of halogens is 1. The number of rotatable bonds is 3. The summed E-state index contributed by atoms with van der Waals surface area (Å²) in [6.45, 7) is 2.85. The highest BCUT2D eigenvalue weighted by molar-refractivity contribution is 6.18. The Morgan fingerprint density at radius 3 is 3.00 bits per heavy atom. The van der Waals surface area contributed by atoms with E-state index < -0.39 is 0 Å². The first kappa shape index (κ1) is 9.30. The van der Waals surface area contributed by atoms with Crippen molar-refractivity contribution < 1.29 is 9.47 Å². The van der Waals surface area contributed by atoms with Gasteiger partial charge in [-0.25, -0.2) is 0 Å². The summed E-state index contributed by atoms with van der Waals surface area (Å²) in [5.41, 5.74) is 0. The van der Waals surface area contributed by atoms with Gasteiger partial charge in [0.15, 0.2) is 0 Å². The lowest BCUT2D eigenvalue weighted by Crippen LogP contribution is -2.31. The Kier molecular flexibility index (Phi) is 3.63. The van der Waals surface area contributed by atoms with Crippen LogP contribution in [-0.2, 0) is 9.47 Å². The number of alkyl halides is 1. The molecule has 0 radical (unpaired) electrons. The Labute approximate surface area is 72.8 Å². The molecule has 0 bridgehead atoms. The van der Waals surface area contributed by atoms with Crippen LogP contribution in [-0.4, -0.2) is 31.8 Å². The van der Waals surface area contributed by atoms with E-state index >= 15 is 0 Å². The summed E-state index contributed by atoms with van der Waals surface area (Å²) >= 11 is 5.77. The zero-order valence-electron chi connectivity index (χ0n) is 7.05. The van der Waals surface area contributed by atoms with Crippen LogP contribution in [0.1, 0.15) is 13.3 Å². The Morgan fingerprint density at radius 1 is 1.73 bits per heavy atom. The Morgan fingerprint density at radius 2 is 2.45 bits per heavy atom. The standard InChI is InChI=1S/C8H15ClO2/c1-6(10-2)8-7(5-9)3-4-11-8/h6-8H,3-5H2,1-2H3. The van der Waals surface area contributed by atoms with Gasteiger partial charge in [-0.15, -0.1) is 11.6 Å². The summed E-state index contributed by atoms with van der Waals surface area (Å²) < 4.78 is 10.7. The molecule has 0 aromatic rings. The summed E-state index contributed by atoms with van der Waals surface area (Å²) in [6.07, 6.45) is 1.45. The maximum atomic E-state index is 5.77. The molecule has 3 atom stereocenters. The van der Waals surface area contributed by atoms with Crippen molar-refractivity contribution in [3.8, 4) is 0 Å². The third-order valence-electron chi connectivity index (χ3n) is 2.30. The van der Waals surface area contributed by atoms with E-state index in [4.69, 9.17) is 21.1 Å². The van der Waals surface area contributed by atoms with E-state index in [1.807, 2.05) is 6.92 Å². The van der Waals surface area contributed by atoms with Crippen molar-refractivity contribution in [2.75, 3.05) is 19.6 Å². The minimum atomic E-state index is 0.168. The van der Waals surface area contributed by atoms with E-state index in [0.29, 0.717) is 11.8 Å². The average molecular weight is 179 g/mol. The molecule has 66 valence electrons. The van der Waals surface area contributed by atoms with Gasteiger partial charge in [-0.05, 0) is 13.3 Å². The third-order valence-corrected chi connectivity index (χ3v) is 2.69. The summed E-state index contributed by atoms with van der Waals surface area (Å²) in [5, 5.41) is 0. The van der Waals surface area contributed by atoms with E-state index in [1.165, 1.54) is 0 Å². The molecule has 11 heavy (non-hydrogen) atoms. The molecular formula is C8H15ClO2. The van der Waals surface area contributed by atoms with Crippen LogP contribution in [0.25, 0.3) is 0 Å². The van der Waals surface area contributed by atoms with Crippen molar-refractivity contribution in [2.24, 2.45) is 5.92 Å². The second kappa shape index (κ2) is 4.29. The Balaban J connectivity index is 2.42. The molecule has 0 aliphatic carbocycles. The molecule has 1 saturated heterocycles. The highest BCUT2D eigenvalue weighted by Crippen LogP contribution is 2.25. The van der Waals surface area contributed by atoms with Crippen LogP contribution in [0.15, 0.2) is 0 Å². The van der Waals surface area contributed by atoms with Crippen molar-refractivity contribution >= 4 is 11.6 Å². The molecule has 0 N–H and O–H groups in total. The Hall–Kier alpha value is 0.210. The molecule has 1 fully saturated rings. The number of hydrogen-bond donors (Lipinski definition) is 0. The van der Waals surface area contributed by atoms with Gasteiger partial charge < -0.3 is 9.47 Å². The predicted octanol–water partition coefficient (Wildman–Crippen LogP) is 1.67. The highest BCUT2D eigenvalue weighted by atomic mass is 35.5. The average Bonchev–Trinajstić information content (AvgIpc) is 2.50. The van der Waals surface area contributed by atoms with Gasteiger partial charge in [0.2, 0.25) is 0 Å². The SMILES string of the molecule is COC(C)C1OCCC1CCl. The van der Waals surface area contributed by atoms with Crippen LogP contribution in [0.5, 0.6) is 0 Å². The van der Waals surface area contributed by atoms with Gasteiger partial charge in [-0.2, -0.15) is 0 Å². The van der Waals surface area contributed by atoms with E-state index in [9.17, 15) is 0 Å². The van der Waals surface area contributed by atoms with Crippen molar-refractivity contribution in [1.29, 1.82) is 0 Å². The largest absolute Gasteiger partial charge is 0.379 e. The molecule has 1 heterocycles. The molecule has 2 nitrogen and oxygen atoms in total. The number of methoxy groups -OCH3 is 1. The quantitative estimate of drug-likeness (QED) is 0.613. The molecule has 0 spiro atoms. The van der Waals surface area contributed by atoms with Crippen LogP contribution in [0, 0.1) is 5.92 Å². The van der Waals surface area contributed by atoms with E-state index in [0.717, 1.165) is 13.0 Å². The smallest absolute Gasteiger partial charge is 0.0874 e. The second-order valence-corrected chi connectivity index (χ2v) is 3.29. The summed E-state index contributed by atoms with van der Waals surface area (Å²) in [4.78, 5) is 0. The first-order chi connectivity index (χ1) is 5.29. The zero-order valence-corrected chi connectivity index (χ0v) is 7.80. The monoisotopic (exact) mass is 178 g/mol. The lowest BCUT2D eigenvalue weighted by molar-refractivity contribution is -0.0295. The van der Waals surface area contributed by atoms with Crippen molar-refractivity contribution in [3.05, 3.63) is 0 Å². The number of ether oxygens (including phenoxy) is 2. The normalized spacial score (nSPS) is 34.1. The van der Waals surface area contributed by atoms with Crippen LogP contribution in [0.2, 0.25) is 0 Å². The molecular weight excluding hydrogens is 164 g/mol. The van der Waals surface area contributed by atoms with Crippen LogP contribution >= 0.6 is 11.6 Å². The van der Waals surface area contributed by atoms with Crippen LogP contribution in [0.3, 0.4) is 0 Å². The zero-order chi connectivity index (χ0) is 8.27. The lowest BCUT2D eigenvalue weighted by Gasteiger charge is -2.21. The molecule has 1 rings (SSSR count). The summed E-state index contributed by atoms with van der Waals surface area (Å²) in [5.74, 6) is 1.16. The van der Waals surface area contributed by atoms with Crippen molar-refractivity contribution in [3.63, 3.8) is 0 Å². The summed E-state index contributed by atoms with van der Waals surface area (Å²) in [6, 6.07) is 0. The molecule has 3 unspecified atom stereocenters. The van der Waals surface area contributed by atoms with Gasteiger partial charge in [-0.3, -0.25) is 0 Å².